The van der Waals surface area contributed by atoms with Gasteiger partial charge in [0.15, 0.2) is 6.29 Å². The summed E-state index contributed by atoms with van der Waals surface area (Å²) in [6.45, 7) is 3.82. The smallest absolute Gasteiger partial charge is 0.220 e. The molecule has 7 unspecified atom stereocenters. The molecule has 1 rings (SSSR count). The fourth-order valence-electron chi connectivity index (χ4n) is 11.1. The summed E-state index contributed by atoms with van der Waals surface area (Å²) < 4.78 is 11.3. The molecule has 0 radical (unpaired) electrons. The van der Waals surface area contributed by atoms with E-state index in [4.69, 9.17) is 9.47 Å². The molecule has 9 heteroatoms. The van der Waals surface area contributed by atoms with Crippen molar-refractivity contribution in [1.29, 1.82) is 0 Å². The first-order chi connectivity index (χ1) is 36.8. The van der Waals surface area contributed by atoms with E-state index in [2.05, 4.69) is 19.2 Å². The van der Waals surface area contributed by atoms with E-state index in [9.17, 15) is 30.3 Å². The van der Waals surface area contributed by atoms with Crippen molar-refractivity contribution in [2.45, 2.75) is 391 Å². The first-order valence-electron chi connectivity index (χ1n) is 33.4. The van der Waals surface area contributed by atoms with Gasteiger partial charge in [0.2, 0.25) is 5.91 Å². The summed E-state index contributed by atoms with van der Waals surface area (Å²) in [6, 6.07) is -0.800. The summed E-state index contributed by atoms with van der Waals surface area (Å²) in [5.74, 6) is -0.169. The first-order valence-corrected chi connectivity index (χ1v) is 33.4. The van der Waals surface area contributed by atoms with Gasteiger partial charge >= 0.3 is 0 Å². The van der Waals surface area contributed by atoms with Gasteiger partial charge in [0.25, 0.3) is 0 Å². The Kier molecular flexibility index (Phi) is 53.9. The van der Waals surface area contributed by atoms with Gasteiger partial charge in [-0.1, -0.05) is 334 Å². The maximum Gasteiger partial charge on any atom is 0.220 e. The standard InChI is InChI=1S/C66H129NO8/c1-3-5-7-9-11-13-15-17-19-20-21-22-23-24-25-26-27-28-29-30-31-32-33-34-35-36-37-38-39-40-41-42-44-46-48-50-52-54-56-62(70)67-59(58-74-66-65(73)64(72)63(71)61(57-68)75-66)60(69)55-53-51-49-47-45-43-18-16-14-12-10-8-6-4-2/h53,55,59-61,63-66,68-69,71-73H,3-52,54,56-58H2,1-2H3,(H,67,70)/b55-53+. The van der Waals surface area contributed by atoms with Crippen LogP contribution in [0.2, 0.25) is 0 Å². The van der Waals surface area contributed by atoms with Gasteiger partial charge in [0.1, 0.15) is 24.4 Å². The number of hydrogen-bond acceptors (Lipinski definition) is 8. The van der Waals surface area contributed by atoms with Crippen LogP contribution >= 0.6 is 0 Å². The highest BCUT2D eigenvalue weighted by molar-refractivity contribution is 5.76. The minimum Gasteiger partial charge on any atom is -0.394 e. The van der Waals surface area contributed by atoms with Crippen molar-refractivity contribution in [3.8, 4) is 0 Å². The van der Waals surface area contributed by atoms with Crippen LogP contribution in [-0.4, -0.2) is 87.5 Å². The number of amides is 1. The lowest BCUT2D eigenvalue weighted by atomic mass is 9.99. The highest BCUT2D eigenvalue weighted by Gasteiger charge is 2.44. The van der Waals surface area contributed by atoms with Crippen LogP contribution in [0.15, 0.2) is 12.2 Å². The zero-order chi connectivity index (χ0) is 54.3. The second-order valence-corrected chi connectivity index (χ2v) is 23.6. The molecule has 0 spiro atoms. The largest absolute Gasteiger partial charge is 0.394 e. The molecule has 1 fully saturated rings. The third kappa shape index (κ3) is 45.4. The van der Waals surface area contributed by atoms with Crippen molar-refractivity contribution in [2.75, 3.05) is 13.2 Å². The Morgan fingerprint density at radius 3 is 1.04 bits per heavy atom. The number of unbranched alkanes of at least 4 members (excludes halogenated alkanes) is 49. The third-order valence-corrected chi connectivity index (χ3v) is 16.4. The minimum atomic E-state index is -1.56. The average molecular weight is 1060 g/mol. The van der Waals surface area contributed by atoms with Crippen LogP contribution in [0.5, 0.6) is 0 Å². The van der Waals surface area contributed by atoms with Crippen LogP contribution in [0, 0.1) is 0 Å². The second kappa shape index (κ2) is 56.2. The zero-order valence-electron chi connectivity index (χ0n) is 49.8. The number of ether oxygens (including phenoxy) is 2. The van der Waals surface area contributed by atoms with Gasteiger partial charge in [-0.2, -0.15) is 0 Å². The molecular weight excluding hydrogens is 935 g/mol. The van der Waals surface area contributed by atoms with Crippen molar-refractivity contribution in [2.24, 2.45) is 0 Å². The van der Waals surface area contributed by atoms with Gasteiger partial charge in [-0.05, 0) is 19.3 Å². The number of allylic oxidation sites excluding steroid dienone is 1. The van der Waals surface area contributed by atoms with Crippen LogP contribution in [0.1, 0.15) is 348 Å². The molecule has 75 heavy (non-hydrogen) atoms. The van der Waals surface area contributed by atoms with Crippen LogP contribution < -0.4 is 5.32 Å². The second-order valence-electron chi connectivity index (χ2n) is 23.6. The summed E-state index contributed by atoms with van der Waals surface area (Å²) in [6.07, 6.45) is 64.8. The molecule has 7 atom stereocenters. The fraction of sp³-hybridized carbons (Fsp3) is 0.955. The van der Waals surface area contributed by atoms with Gasteiger partial charge < -0.3 is 40.3 Å². The molecule has 1 heterocycles. The van der Waals surface area contributed by atoms with E-state index >= 15 is 0 Å². The fourth-order valence-corrected chi connectivity index (χ4v) is 11.1. The summed E-state index contributed by atoms with van der Waals surface area (Å²) in [7, 11) is 0. The summed E-state index contributed by atoms with van der Waals surface area (Å²) in [5.41, 5.74) is 0. The summed E-state index contributed by atoms with van der Waals surface area (Å²) in [5, 5.41) is 54.5. The van der Waals surface area contributed by atoms with Gasteiger partial charge in [-0.15, -0.1) is 0 Å². The number of hydrogen-bond donors (Lipinski definition) is 6. The number of aliphatic hydroxyl groups excluding tert-OH is 5. The topological polar surface area (TPSA) is 149 Å². The quantitative estimate of drug-likeness (QED) is 0.0261. The molecule has 6 N–H and O–H groups in total. The Hall–Kier alpha value is -1.07. The van der Waals surface area contributed by atoms with E-state index in [0.29, 0.717) is 6.42 Å². The number of carbonyl (C=O) groups excluding carboxylic acids is 1. The maximum atomic E-state index is 13.1. The highest BCUT2D eigenvalue weighted by atomic mass is 16.7. The number of carbonyl (C=O) groups is 1. The average Bonchev–Trinajstić information content (AvgIpc) is 3.41. The summed E-state index contributed by atoms with van der Waals surface area (Å²) in [4.78, 5) is 13.1. The highest BCUT2D eigenvalue weighted by Crippen LogP contribution is 2.23. The molecule has 446 valence electrons. The van der Waals surface area contributed by atoms with Crippen molar-refractivity contribution in [3.05, 3.63) is 12.2 Å². The molecule has 1 aliphatic rings. The lowest BCUT2D eigenvalue weighted by Crippen LogP contribution is -2.60. The van der Waals surface area contributed by atoms with Crippen LogP contribution in [0.4, 0.5) is 0 Å². The van der Waals surface area contributed by atoms with Crippen LogP contribution in [0.3, 0.4) is 0 Å². The molecule has 0 aliphatic carbocycles. The predicted octanol–water partition coefficient (Wildman–Crippen LogP) is 17.5. The van der Waals surface area contributed by atoms with Gasteiger partial charge in [0.05, 0.1) is 25.4 Å². The third-order valence-electron chi connectivity index (χ3n) is 16.4. The first kappa shape index (κ1) is 71.9. The lowest BCUT2D eigenvalue weighted by Gasteiger charge is -2.40. The summed E-state index contributed by atoms with van der Waals surface area (Å²) >= 11 is 0. The van der Waals surface area contributed by atoms with E-state index in [1.54, 1.807) is 6.08 Å². The van der Waals surface area contributed by atoms with E-state index < -0.39 is 49.5 Å². The molecule has 0 aromatic rings. The predicted molar refractivity (Wildman–Crippen MR) is 318 cm³/mol. The molecular formula is C66H129NO8. The van der Waals surface area contributed by atoms with E-state index in [1.165, 1.54) is 289 Å². The van der Waals surface area contributed by atoms with Gasteiger partial charge in [-0.3, -0.25) is 4.79 Å². The minimum absolute atomic E-state index is 0.169. The van der Waals surface area contributed by atoms with Crippen LogP contribution in [-0.2, 0) is 14.3 Å². The Morgan fingerprint density at radius 2 is 0.733 bits per heavy atom. The molecule has 1 aliphatic heterocycles. The van der Waals surface area contributed by atoms with E-state index in [0.717, 1.165) is 38.5 Å². The van der Waals surface area contributed by atoms with E-state index in [1.807, 2.05) is 6.08 Å². The number of aliphatic hydroxyl groups is 5. The van der Waals surface area contributed by atoms with Gasteiger partial charge in [0, 0.05) is 6.42 Å². The normalized spacial score (nSPS) is 18.8. The molecule has 0 aromatic carbocycles. The van der Waals surface area contributed by atoms with Crippen molar-refractivity contribution in [3.63, 3.8) is 0 Å². The Labute approximate surface area is 465 Å². The Morgan fingerprint density at radius 1 is 0.440 bits per heavy atom. The van der Waals surface area contributed by atoms with Crippen molar-refractivity contribution < 1.29 is 39.8 Å². The molecule has 0 saturated carbocycles. The Bertz CT molecular complexity index is 1190. The van der Waals surface area contributed by atoms with Crippen molar-refractivity contribution >= 4 is 5.91 Å². The SMILES string of the molecule is CCCCCCCCCCCCCC/C=C/C(O)C(COC1OC(CO)C(O)C(O)C1O)NC(=O)CCCCCCCCCCCCCCCCCCCCCCCCCCCCCCCCCCCCCCCC. The molecule has 0 aromatic heterocycles. The molecule has 0 bridgehead atoms. The number of rotatable bonds is 59. The lowest BCUT2D eigenvalue weighted by molar-refractivity contribution is -0.302. The number of nitrogens with one attached hydrogen (secondary N) is 1. The molecule has 1 saturated heterocycles. The van der Waals surface area contributed by atoms with Gasteiger partial charge in [-0.25, -0.2) is 0 Å². The van der Waals surface area contributed by atoms with Crippen molar-refractivity contribution in [1.82, 2.24) is 5.32 Å². The van der Waals surface area contributed by atoms with E-state index in [-0.39, 0.29) is 12.5 Å². The maximum absolute atomic E-state index is 13.1. The Balaban J connectivity index is 2.02. The molecule has 9 nitrogen and oxygen atoms in total. The molecule has 1 amide bonds. The van der Waals surface area contributed by atoms with Crippen LogP contribution in [0.25, 0.3) is 0 Å². The zero-order valence-corrected chi connectivity index (χ0v) is 49.8. The monoisotopic (exact) mass is 1060 g/mol.